The predicted octanol–water partition coefficient (Wildman–Crippen LogP) is 0.604. The molecule has 4 heteroatoms. The number of carbonyl (C=O) groups is 1. The normalized spacial score (nSPS) is 15.1. The van der Waals surface area contributed by atoms with E-state index in [0.717, 1.165) is 12.8 Å². The molecular formula is C11H24N2O2. The maximum absolute atomic E-state index is 11.7. The highest BCUT2D eigenvalue weighted by atomic mass is 16.3. The van der Waals surface area contributed by atoms with Crippen molar-refractivity contribution in [3.05, 3.63) is 0 Å². The summed E-state index contributed by atoms with van der Waals surface area (Å²) in [6.07, 6.45) is 1.87. The average molecular weight is 216 g/mol. The van der Waals surface area contributed by atoms with Crippen molar-refractivity contribution in [2.24, 2.45) is 0 Å². The highest BCUT2D eigenvalue weighted by Gasteiger charge is 2.17. The first-order valence-corrected chi connectivity index (χ1v) is 5.65. The monoisotopic (exact) mass is 216 g/mol. The van der Waals surface area contributed by atoms with Crippen LogP contribution in [0.4, 0.5) is 0 Å². The van der Waals surface area contributed by atoms with Crippen LogP contribution in [0, 0.1) is 0 Å². The van der Waals surface area contributed by atoms with E-state index in [1.54, 1.807) is 0 Å². The summed E-state index contributed by atoms with van der Waals surface area (Å²) in [6, 6.07) is -0.0660. The maximum atomic E-state index is 11.7. The lowest BCUT2D eigenvalue weighted by Crippen LogP contribution is -2.43. The van der Waals surface area contributed by atoms with Crippen LogP contribution < -0.4 is 5.32 Å². The molecule has 2 N–H and O–H groups in total. The van der Waals surface area contributed by atoms with Crippen LogP contribution >= 0.6 is 0 Å². The van der Waals surface area contributed by atoms with Crippen molar-refractivity contribution >= 4 is 5.91 Å². The summed E-state index contributed by atoms with van der Waals surface area (Å²) in [7, 11) is 3.79. The molecule has 0 saturated heterocycles. The lowest BCUT2D eigenvalue weighted by atomic mass is 10.1. The zero-order valence-electron chi connectivity index (χ0n) is 10.3. The zero-order chi connectivity index (χ0) is 11.8. The van der Waals surface area contributed by atoms with E-state index >= 15 is 0 Å². The molecule has 0 saturated carbocycles. The molecular weight excluding hydrogens is 192 g/mol. The molecule has 0 aromatic rings. The number of aliphatic hydroxyl groups excluding tert-OH is 1. The van der Waals surface area contributed by atoms with Gasteiger partial charge in [-0.1, -0.05) is 13.8 Å². The summed E-state index contributed by atoms with van der Waals surface area (Å²) >= 11 is 0. The standard InChI is InChI=1S/C11H24N2O2/c1-5-9(14)7-8-12-11(15)10(6-2)13(3)4/h9-10,14H,5-8H2,1-4H3,(H,12,15). The van der Waals surface area contributed by atoms with Gasteiger partial charge in [-0.15, -0.1) is 0 Å². The second kappa shape index (κ2) is 7.65. The SMILES string of the molecule is CCC(O)CCNC(=O)C(CC)N(C)C. The highest BCUT2D eigenvalue weighted by molar-refractivity contribution is 5.81. The maximum Gasteiger partial charge on any atom is 0.237 e. The number of amides is 1. The second-order valence-electron chi connectivity index (χ2n) is 4.03. The fourth-order valence-corrected chi connectivity index (χ4v) is 1.47. The van der Waals surface area contributed by atoms with E-state index in [1.807, 2.05) is 32.8 Å². The van der Waals surface area contributed by atoms with Crippen LogP contribution in [0.2, 0.25) is 0 Å². The first-order chi connectivity index (χ1) is 7.02. The molecule has 4 nitrogen and oxygen atoms in total. The molecule has 1 amide bonds. The molecule has 15 heavy (non-hydrogen) atoms. The van der Waals surface area contributed by atoms with Gasteiger partial charge in [0.15, 0.2) is 0 Å². The number of nitrogens with one attached hydrogen (secondary N) is 1. The molecule has 0 aliphatic rings. The first-order valence-electron chi connectivity index (χ1n) is 5.65. The Kier molecular flexibility index (Phi) is 7.34. The first kappa shape index (κ1) is 14.4. The van der Waals surface area contributed by atoms with Crippen molar-refractivity contribution in [2.45, 2.75) is 45.3 Å². The van der Waals surface area contributed by atoms with Crippen molar-refractivity contribution < 1.29 is 9.90 Å². The Hall–Kier alpha value is -0.610. The molecule has 0 spiro atoms. The van der Waals surface area contributed by atoms with Crippen LogP contribution in [0.3, 0.4) is 0 Å². The number of nitrogens with zero attached hydrogens (tertiary/aromatic N) is 1. The van der Waals surface area contributed by atoms with Gasteiger partial charge in [-0.3, -0.25) is 9.69 Å². The summed E-state index contributed by atoms with van der Waals surface area (Å²) in [6.45, 7) is 4.48. The summed E-state index contributed by atoms with van der Waals surface area (Å²) < 4.78 is 0. The third kappa shape index (κ3) is 5.74. The van der Waals surface area contributed by atoms with Gasteiger partial charge in [0.25, 0.3) is 0 Å². The molecule has 0 aromatic heterocycles. The lowest BCUT2D eigenvalue weighted by molar-refractivity contribution is -0.125. The van der Waals surface area contributed by atoms with E-state index in [9.17, 15) is 9.90 Å². The van der Waals surface area contributed by atoms with Crippen LogP contribution in [0.5, 0.6) is 0 Å². The number of hydrogen-bond acceptors (Lipinski definition) is 3. The number of rotatable bonds is 7. The Morgan fingerprint density at radius 2 is 1.93 bits per heavy atom. The third-order valence-electron chi connectivity index (χ3n) is 2.56. The Labute approximate surface area is 92.7 Å². The average Bonchev–Trinajstić information content (AvgIpc) is 2.17. The van der Waals surface area contributed by atoms with Gasteiger partial charge in [-0.05, 0) is 33.4 Å². The molecule has 0 heterocycles. The van der Waals surface area contributed by atoms with E-state index < -0.39 is 0 Å². The van der Waals surface area contributed by atoms with Crippen molar-refractivity contribution in [1.29, 1.82) is 0 Å². The predicted molar refractivity (Wildman–Crippen MR) is 61.7 cm³/mol. The summed E-state index contributed by atoms with van der Waals surface area (Å²) in [5.74, 6) is 0.0470. The van der Waals surface area contributed by atoms with Crippen molar-refractivity contribution in [3.63, 3.8) is 0 Å². The molecule has 0 rings (SSSR count). The minimum absolute atomic E-state index is 0.0470. The molecule has 90 valence electrons. The van der Waals surface area contributed by atoms with Gasteiger partial charge in [0.05, 0.1) is 12.1 Å². The number of aliphatic hydroxyl groups is 1. The Bertz CT molecular complexity index is 183. The van der Waals surface area contributed by atoms with Gasteiger partial charge in [-0.2, -0.15) is 0 Å². The molecule has 0 fully saturated rings. The van der Waals surface area contributed by atoms with Crippen LogP contribution in [0.15, 0.2) is 0 Å². The van der Waals surface area contributed by atoms with E-state index in [-0.39, 0.29) is 18.1 Å². The Balaban J connectivity index is 3.81. The minimum atomic E-state index is -0.301. The fraction of sp³-hybridized carbons (Fsp3) is 0.909. The van der Waals surface area contributed by atoms with E-state index in [1.165, 1.54) is 0 Å². The van der Waals surface area contributed by atoms with Crippen molar-refractivity contribution in [2.75, 3.05) is 20.6 Å². The van der Waals surface area contributed by atoms with E-state index in [0.29, 0.717) is 13.0 Å². The molecule has 0 bridgehead atoms. The second-order valence-corrected chi connectivity index (χ2v) is 4.03. The van der Waals surface area contributed by atoms with Crippen LogP contribution in [0.25, 0.3) is 0 Å². The van der Waals surface area contributed by atoms with Crippen molar-refractivity contribution in [1.82, 2.24) is 10.2 Å². The molecule has 2 atom stereocenters. The number of hydrogen-bond donors (Lipinski definition) is 2. The molecule has 0 aromatic carbocycles. The lowest BCUT2D eigenvalue weighted by Gasteiger charge is -2.22. The highest BCUT2D eigenvalue weighted by Crippen LogP contribution is 1.99. The van der Waals surface area contributed by atoms with Crippen molar-refractivity contribution in [3.8, 4) is 0 Å². The number of carbonyl (C=O) groups excluding carboxylic acids is 1. The minimum Gasteiger partial charge on any atom is -0.393 e. The zero-order valence-corrected chi connectivity index (χ0v) is 10.3. The topological polar surface area (TPSA) is 52.6 Å². The molecule has 0 aliphatic carbocycles. The Morgan fingerprint density at radius 1 is 1.33 bits per heavy atom. The molecule has 2 unspecified atom stereocenters. The Morgan fingerprint density at radius 3 is 2.33 bits per heavy atom. The van der Waals surface area contributed by atoms with Gasteiger partial charge in [0.2, 0.25) is 5.91 Å². The summed E-state index contributed by atoms with van der Waals surface area (Å²) in [5.41, 5.74) is 0. The van der Waals surface area contributed by atoms with Gasteiger partial charge in [-0.25, -0.2) is 0 Å². The fourth-order valence-electron chi connectivity index (χ4n) is 1.47. The molecule has 0 radical (unpaired) electrons. The van der Waals surface area contributed by atoms with Gasteiger partial charge < -0.3 is 10.4 Å². The summed E-state index contributed by atoms with van der Waals surface area (Å²) in [5, 5.41) is 12.2. The largest absolute Gasteiger partial charge is 0.393 e. The quantitative estimate of drug-likeness (QED) is 0.655. The summed E-state index contributed by atoms with van der Waals surface area (Å²) in [4.78, 5) is 13.6. The number of likely N-dealkylation sites (N-methyl/N-ethyl adjacent to an activating group) is 1. The van der Waals surface area contributed by atoms with Crippen LogP contribution in [-0.2, 0) is 4.79 Å². The van der Waals surface area contributed by atoms with Crippen LogP contribution in [-0.4, -0.2) is 48.7 Å². The van der Waals surface area contributed by atoms with Gasteiger partial charge in [0, 0.05) is 6.54 Å². The van der Waals surface area contributed by atoms with Crippen LogP contribution in [0.1, 0.15) is 33.1 Å². The van der Waals surface area contributed by atoms with E-state index in [4.69, 9.17) is 0 Å². The smallest absolute Gasteiger partial charge is 0.237 e. The van der Waals surface area contributed by atoms with Gasteiger partial charge in [0.1, 0.15) is 0 Å². The third-order valence-corrected chi connectivity index (χ3v) is 2.56. The van der Waals surface area contributed by atoms with Gasteiger partial charge >= 0.3 is 0 Å². The molecule has 0 aliphatic heterocycles. The van der Waals surface area contributed by atoms with E-state index in [2.05, 4.69) is 5.32 Å².